The minimum atomic E-state index is -0.408. The summed E-state index contributed by atoms with van der Waals surface area (Å²) in [7, 11) is 0. The topological polar surface area (TPSA) is 72.3 Å². The Hall–Kier alpha value is -1.20. The summed E-state index contributed by atoms with van der Waals surface area (Å²) in [6, 6.07) is 5.68. The van der Waals surface area contributed by atoms with Crippen molar-refractivity contribution in [1.82, 2.24) is 0 Å². The van der Waals surface area contributed by atoms with Crippen molar-refractivity contribution in [1.29, 1.82) is 0 Å². The molecule has 0 fully saturated rings. The van der Waals surface area contributed by atoms with Gasteiger partial charge in [0.1, 0.15) is 0 Å². The van der Waals surface area contributed by atoms with Gasteiger partial charge in [-0.05, 0) is 39.0 Å². The first-order valence-electron chi connectivity index (χ1n) is 5.97. The largest absolute Gasteiger partial charge is 0.399 e. The molecule has 1 aliphatic heterocycles. The Morgan fingerprint density at radius 1 is 1.44 bits per heavy atom. The summed E-state index contributed by atoms with van der Waals surface area (Å²) in [5.41, 5.74) is 12.8. The lowest BCUT2D eigenvalue weighted by molar-refractivity contribution is -0.119. The molecule has 1 aliphatic rings. The molecule has 4 N–H and O–H groups in total. The number of thioether (sulfide) groups is 1. The molecular weight excluding hydrogens is 246 g/mol. The van der Waals surface area contributed by atoms with Crippen molar-refractivity contribution >= 4 is 29.0 Å². The van der Waals surface area contributed by atoms with E-state index in [0.717, 1.165) is 10.6 Å². The van der Waals surface area contributed by atoms with Gasteiger partial charge in [-0.1, -0.05) is 0 Å². The molecule has 0 radical (unpaired) electrons. The van der Waals surface area contributed by atoms with E-state index in [-0.39, 0.29) is 11.2 Å². The summed E-state index contributed by atoms with van der Waals surface area (Å²) >= 11 is 1.57. The monoisotopic (exact) mass is 265 g/mol. The Kier molecular flexibility index (Phi) is 3.29. The third-order valence-corrected chi connectivity index (χ3v) is 4.36. The van der Waals surface area contributed by atoms with E-state index < -0.39 is 5.54 Å². The molecule has 4 nitrogen and oxygen atoms in total. The molecule has 0 spiro atoms. The van der Waals surface area contributed by atoms with E-state index in [1.54, 1.807) is 16.7 Å². The number of carbonyl (C=O) groups excluding carboxylic acids is 1. The van der Waals surface area contributed by atoms with Gasteiger partial charge in [0.05, 0.1) is 16.5 Å². The maximum absolute atomic E-state index is 12.4. The van der Waals surface area contributed by atoms with E-state index in [4.69, 9.17) is 11.5 Å². The minimum Gasteiger partial charge on any atom is -0.399 e. The maximum Gasteiger partial charge on any atom is 0.240 e. The predicted octanol–water partition coefficient (Wildman–Crippen LogP) is 1.83. The SMILES string of the molecule is CC1Sc2ccc(N)cc2N(C(C)(C)CN)C1=O. The summed E-state index contributed by atoms with van der Waals surface area (Å²) in [5, 5.41) is -0.0908. The first kappa shape index (κ1) is 13.2. The highest BCUT2D eigenvalue weighted by atomic mass is 32.2. The van der Waals surface area contributed by atoms with Crippen LogP contribution in [0.3, 0.4) is 0 Å². The molecule has 0 saturated carbocycles. The molecule has 5 heteroatoms. The molecule has 1 unspecified atom stereocenters. The van der Waals surface area contributed by atoms with E-state index in [0.29, 0.717) is 12.2 Å². The van der Waals surface area contributed by atoms with Crippen LogP contribution in [-0.4, -0.2) is 23.2 Å². The molecule has 1 aromatic carbocycles. The number of amides is 1. The minimum absolute atomic E-state index is 0.0908. The molecule has 2 rings (SSSR count). The van der Waals surface area contributed by atoms with Gasteiger partial charge < -0.3 is 16.4 Å². The van der Waals surface area contributed by atoms with Crippen LogP contribution in [-0.2, 0) is 4.79 Å². The van der Waals surface area contributed by atoms with Crippen molar-refractivity contribution in [3.8, 4) is 0 Å². The van der Waals surface area contributed by atoms with Gasteiger partial charge in [0.25, 0.3) is 0 Å². The number of benzene rings is 1. The molecule has 98 valence electrons. The first-order chi connectivity index (χ1) is 8.36. The number of anilines is 2. The second kappa shape index (κ2) is 4.48. The van der Waals surface area contributed by atoms with E-state index in [9.17, 15) is 4.79 Å². The molecular formula is C13H19N3OS. The highest BCUT2D eigenvalue weighted by Crippen LogP contribution is 2.42. The van der Waals surface area contributed by atoms with Crippen LogP contribution in [0.15, 0.2) is 23.1 Å². The number of hydrogen-bond donors (Lipinski definition) is 2. The number of nitrogens with zero attached hydrogens (tertiary/aromatic N) is 1. The van der Waals surface area contributed by atoms with Crippen molar-refractivity contribution in [2.45, 2.75) is 36.5 Å². The summed E-state index contributed by atoms with van der Waals surface area (Å²) in [6.45, 7) is 6.28. The number of carbonyl (C=O) groups is 1. The molecule has 0 saturated heterocycles. The van der Waals surface area contributed by atoms with Crippen LogP contribution in [0.4, 0.5) is 11.4 Å². The first-order valence-corrected chi connectivity index (χ1v) is 6.85. The van der Waals surface area contributed by atoms with Crippen molar-refractivity contribution in [3.63, 3.8) is 0 Å². The lowest BCUT2D eigenvalue weighted by Crippen LogP contribution is -2.56. The van der Waals surface area contributed by atoms with Gasteiger partial charge in [-0.15, -0.1) is 11.8 Å². The average Bonchev–Trinajstić information content (AvgIpc) is 2.31. The lowest BCUT2D eigenvalue weighted by Gasteiger charge is -2.42. The number of nitrogen functional groups attached to an aromatic ring is 1. The van der Waals surface area contributed by atoms with Crippen LogP contribution < -0.4 is 16.4 Å². The molecule has 1 heterocycles. The van der Waals surface area contributed by atoms with Crippen molar-refractivity contribution in [2.24, 2.45) is 5.73 Å². The summed E-state index contributed by atoms with van der Waals surface area (Å²) in [4.78, 5) is 15.3. The fourth-order valence-electron chi connectivity index (χ4n) is 2.07. The Morgan fingerprint density at radius 2 is 2.11 bits per heavy atom. The predicted molar refractivity (Wildman–Crippen MR) is 76.8 cm³/mol. The Bertz CT molecular complexity index is 487. The molecule has 1 amide bonds. The quantitative estimate of drug-likeness (QED) is 0.800. The van der Waals surface area contributed by atoms with Gasteiger partial charge in [0.2, 0.25) is 5.91 Å². The number of fused-ring (bicyclic) bond motifs is 1. The normalized spacial score (nSPS) is 19.9. The molecule has 18 heavy (non-hydrogen) atoms. The van der Waals surface area contributed by atoms with E-state index in [1.807, 2.05) is 39.0 Å². The van der Waals surface area contributed by atoms with Gasteiger partial charge >= 0.3 is 0 Å². The third kappa shape index (κ3) is 2.08. The second-order valence-corrected chi connectivity index (χ2v) is 6.56. The van der Waals surface area contributed by atoms with Crippen molar-refractivity contribution < 1.29 is 4.79 Å². The van der Waals surface area contributed by atoms with Crippen LogP contribution in [0.2, 0.25) is 0 Å². The van der Waals surface area contributed by atoms with Gasteiger partial charge in [-0.3, -0.25) is 4.79 Å². The Morgan fingerprint density at radius 3 is 2.72 bits per heavy atom. The fraction of sp³-hybridized carbons (Fsp3) is 0.462. The van der Waals surface area contributed by atoms with Gasteiger partial charge in [-0.2, -0.15) is 0 Å². The van der Waals surface area contributed by atoms with Crippen LogP contribution >= 0.6 is 11.8 Å². The highest BCUT2D eigenvalue weighted by Gasteiger charge is 2.38. The van der Waals surface area contributed by atoms with Crippen LogP contribution in [0.25, 0.3) is 0 Å². The zero-order valence-electron chi connectivity index (χ0n) is 10.9. The smallest absolute Gasteiger partial charge is 0.240 e. The van der Waals surface area contributed by atoms with Gasteiger partial charge in [0, 0.05) is 17.1 Å². The fourth-order valence-corrected chi connectivity index (χ4v) is 3.07. The summed E-state index contributed by atoms with van der Waals surface area (Å²) in [5.74, 6) is 0.0913. The van der Waals surface area contributed by atoms with Crippen LogP contribution in [0.1, 0.15) is 20.8 Å². The number of hydrogen-bond acceptors (Lipinski definition) is 4. The Balaban J connectivity index is 2.58. The molecule has 1 atom stereocenters. The summed E-state index contributed by atoms with van der Waals surface area (Å²) < 4.78 is 0. The molecule has 0 bridgehead atoms. The molecule has 0 aliphatic carbocycles. The van der Waals surface area contributed by atoms with E-state index >= 15 is 0 Å². The van der Waals surface area contributed by atoms with Crippen molar-refractivity contribution in [2.75, 3.05) is 17.2 Å². The third-order valence-electron chi connectivity index (χ3n) is 3.20. The van der Waals surface area contributed by atoms with E-state index in [1.165, 1.54) is 0 Å². The number of nitrogens with two attached hydrogens (primary N) is 2. The highest BCUT2D eigenvalue weighted by molar-refractivity contribution is 8.01. The zero-order valence-corrected chi connectivity index (χ0v) is 11.8. The molecule has 0 aromatic heterocycles. The molecule has 1 aromatic rings. The number of rotatable bonds is 2. The maximum atomic E-state index is 12.4. The average molecular weight is 265 g/mol. The van der Waals surface area contributed by atoms with Crippen LogP contribution in [0.5, 0.6) is 0 Å². The summed E-state index contributed by atoms with van der Waals surface area (Å²) in [6.07, 6.45) is 0. The van der Waals surface area contributed by atoms with Crippen LogP contribution in [0, 0.1) is 0 Å². The van der Waals surface area contributed by atoms with Crippen molar-refractivity contribution in [3.05, 3.63) is 18.2 Å². The van der Waals surface area contributed by atoms with E-state index in [2.05, 4.69) is 0 Å². The van der Waals surface area contributed by atoms with Gasteiger partial charge in [-0.25, -0.2) is 0 Å². The Labute approximate surface area is 112 Å². The van der Waals surface area contributed by atoms with Gasteiger partial charge in [0.15, 0.2) is 0 Å². The standard InChI is InChI=1S/C13H19N3OS/c1-8-12(17)16(13(2,3)7-14)10-6-9(15)4-5-11(10)18-8/h4-6,8H,7,14-15H2,1-3H3. The zero-order chi connectivity index (χ0) is 13.5. The second-order valence-electron chi connectivity index (χ2n) is 5.18. The lowest BCUT2D eigenvalue weighted by atomic mass is 10.0.